The minimum Gasteiger partial charge on any atom is -0.342 e. The molecule has 1 unspecified atom stereocenters. The summed E-state index contributed by atoms with van der Waals surface area (Å²) in [6.45, 7) is 2.07. The Labute approximate surface area is 98.2 Å². The van der Waals surface area contributed by atoms with Crippen LogP contribution in [0.5, 0.6) is 0 Å². The molecule has 0 aromatic rings. The Hall–Kier alpha value is -1.01. The number of rotatable bonds is 4. The molecule has 0 aliphatic heterocycles. The molecule has 0 aromatic heterocycles. The van der Waals surface area contributed by atoms with E-state index >= 15 is 0 Å². The van der Waals surface area contributed by atoms with Gasteiger partial charge < -0.3 is 11.1 Å². The van der Waals surface area contributed by atoms with Crippen LogP contribution in [0.15, 0.2) is 0 Å². The van der Waals surface area contributed by atoms with Gasteiger partial charge in [0.2, 0.25) is 5.91 Å². The molecule has 0 heterocycles. The number of amides is 1. The number of terminal acetylenes is 1. The predicted octanol–water partition coefficient (Wildman–Crippen LogP) is 1.42. The molecule has 0 bridgehead atoms. The molecule has 3 heteroatoms. The van der Waals surface area contributed by atoms with E-state index in [9.17, 15) is 4.79 Å². The molecule has 0 spiro atoms. The van der Waals surface area contributed by atoms with E-state index in [2.05, 4.69) is 18.2 Å². The van der Waals surface area contributed by atoms with Crippen molar-refractivity contribution in [3.8, 4) is 12.3 Å². The van der Waals surface area contributed by atoms with Gasteiger partial charge in [0.25, 0.3) is 0 Å². The van der Waals surface area contributed by atoms with Crippen LogP contribution in [0.3, 0.4) is 0 Å². The van der Waals surface area contributed by atoms with E-state index < -0.39 is 0 Å². The summed E-state index contributed by atoms with van der Waals surface area (Å²) in [4.78, 5) is 11.9. The fourth-order valence-electron chi connectivity index (χ4n) is 2.16. The molecule has 3 N–H and O–H groups in total. The SMILES string of the molecule is C#CC(CCC)NC(=O)C1CCC(N)CC1. The molecule has 90 valence electrons. The van der Waals surface area contributed by atoms with E-state index in [0.29, 0.717) is 0 Å². The second kappa shape index (κ2) is 6.55. The molecule has 1 amide bonds. The van der Waals surface area contributed by atoms with Crippen LogP contribution < -0.4 is 11.1 Å². The summed E-state index contributed by atoms with van der Waals surface area (Å²) in [6, 6.07) is 0.177. The van der Waals surface area contributed by atoms with Crippen LogP contribution in [0.2, 0.25) is 0 Å². The maximum absolute atomic E-state index is 11.9. The van der Waals surface area contributed by atoms with Crippen molar-refractivity contribution in [2.24, 2.45) is 11.7 Å². The van der Waals surface area contributed by atoms with Gasteiger partial charge >= 0.3 is 0 Å². The lowest BCUT2D eigenvalue weighted by atomic mass is 9.86. The molecule has 0 aromatic carbocycles. The number of carbonyl (C=O) groups excluding carboxylic acids is 1. The minimum atomic E-state index is -0.104. The van der Waals surface area contributed by atoms with Gasteiger partial charge in [-0.15, -0.1) is 6.42 Å². The number of nitrogens with one attached hydrogen (secondary N) is 1. The lowest BCUT2D eigenvalue weighted by Gasteiger charge is -2.26. The van der Waals surface area contributed by atoms with Crippen molar-refractivity contribution in [1.82, 2.24) is 5.32 Å². The summed E-state index contributed by atoms with van der Waals surface area (Å²) in [5.41, 5.74) is 5.81. The molecule has 1 atom stereocenters. The molecule has 1 aliphatic rings. The van der Waals surface area contributed by atoms with Gasteiger partial charge in [-0.2, -0.15) is 0 Å². The molecule has 1 rings (SSSR count). The van der Waals surface area contributed by atoms with Crippen LogP contribution in [0.25, 0.3) is 0 Å². The van der Waals surface area contributed by atoms with Crippen LogP contribution >= 0.6 is 0 Å². The van der Waals surface area contributed by atoms with E-state index in [0.717, 1.165) is 38.5 Å². The zero-order valence-electron chi connectivity index (χ0n) is 10.0. The first-order valence-electron chi connectivity index (χ1n) is 6.19. The number of hydrogen-bond donors (Lipinski definition) is 2. The molecule has 1 fully saturated rings. The minimum absolute atomic E-state index is 0.104. The first kappa shape index (κ1) is 13.1. The smallest absolute Gasteiger partial charge is 0.224 e. The molecule has 1 aliphatic carbocycles. The van der Waals surface area contributed by atoms with Crippen molar-refractivity contribution in [2.75, 3.05) is 0 Å². The highest BCUT2D eigenvalue weighted by molar-refractivity contribution is 5.79. The Morgan fingerprint density at radius 3 is 2.62 bits per heavy atom. The van der Waals surface area contributed by atoms with Gasteiger partial charge in [-0.3, -0.25) is 4.79 Å². The number of hydrogen-bond acceptors (Lipinski definition) is 2. The highest BCUT2D eigenvalue weighted by Crippen LogP contribution is 2.23. The molecule has 1 saturated carbocycles. The predicted molar refractivity (Wildman–Crippen MR) is 65.6 cm³/mol. The largest absolute Gasteiger partial charge is 0.342 e. The second-order valence-electron chi connectivity index (χ2n) is 4.63. The van der Waals surface area contributed by atoms with Crippen molar-refractivity contribution < 1.29 is 4.79 Å². The Bertz CT molecular complexity index is 262. The van der Waals surface area contributed by atoms with Gasteiger partial charge in [-0.05, 0) is 32.1 Å². The highest BCUT2D eigenvalue weighted by Gasteiger charge is 2.25. The van der Waals surface area contributed by atoms with E-state index in [4.69, 9.17) is 12.2 Å². The fraction of sp³-hybridized carbons (Fsp3) is 0.769. The molecular formula is C13H22N2O. The second-order valence-corrected chi connectivity index (χ2v) is 4.63. The maximum Gasteiger partial charge on any atom is 0.224 e. The fourth-order valence-corrected chi connectivity index (χ4v) is 2.16. The zero-order chi connectivity index (χ0) is 12.0. The lowest BCUT2D eigenvalue weighted by Crippen LogP contribution is -2.40. The third-order valence-electron chi connectivity index (χ3n) is 3.24. The average molecular weight is 222 g/mol. The van der Waals surface area contributed by atoms with Gasteiger partial charge in [-0.25, -0.2) is 0 Å². The molecule has 3 nitrogen and oxygen atoms in total. The summed E-state index contributed by atoms with van der Waals surface area (Å²) >= 11 is 0. The molecule has 16 heavy (non-hydrogen) atoms. The normalized spacial score (nSPS) is 26.8. The summed E-state index contributed by atoms with van der Waals surface area (Å²) in [6.07, 6.45) is 10.9. The van der Waals surface area contributed by atoms with Gasteiger partial charge in [0.1, 0.15) is 0 Å². The standard InChI is InChI=1S/C13H22N2O/c1-3-5-12(4-2)15-13(16)10-6-8-11(14)9-7-10/h2,10-12H,3,5-9,14H2,1H3,(H,15,16). The van der Waals surface area contributed by atoms with Crippen LogP contribution in [-0.4, -0.2) is 18.0 Å². The maximum atomic E-state index is 11.9. The lowest BCUT2D eigenvalue weighted by molar-refractivity contribution is -0.126. The van der Waals surface area contributed by atoms with Crippen LogP contribution in [0, 0.1) is 18.3 Å². The first-order chi connectivity index (χ1) is 7.67. The van der Waals surface area contributed by atoms with Gasteiger partial charge in [-0.1, -0.05) is 19.3 Å². The summed E-state index contributed by atoms with van der Waals surface area (Å²) in [5.74, 6) is 2.86. The molecular weight excluding hydrogens is 200 g/mol. The van der Waals surface area contributed by atoms with Gasteiger partial charge in [0.05, 0.1) is 6.04 Å². The van der Waals surface area contributed by atoms with Crippen molar-refractivity contribution >= 4 is 5.91 Å². The highest BCUT2D eigenvalue weighted by atomic mass is 16.1. The number of carbonyl (C=O) groups is 1. The van der Waals surface area contributed by atoms with Crippen LogP contribution in [0.4, 0.5) is 0 Å². The Kier molecular flexibility index (Phi) is 5.34. The Balaban J connectivity index is 2.37. The van der Waals surface area contributed by atoms with Crippen molar-refractivity contribution in [3.05, 3.63) is 0 Å². The van der Waals surface area contributed by atoms with Crippen molar-refractivity contribution in [1.29, 1.82) is 0 Å². The zero-order valence-corrected chi connectivity index (χ0v) is 10.0. The van der Waals surface area contributed by atoms with Crippen molar-refractivity contribution in [3.63, 3.8) is 0 Å². The van der Waals surface area contributed by atoms with Gasteiger partial charge in [0.15, 0.2) is 0 Å². The number of nitrogens with two attached hydrogens (primary N) is 1. The third-order valence-corrected chi connectivity index (χ3v) is 3.24. The third kappa shape index (κ3) is 3.86. The first-order valence-corrected chi connectivity index (χ1v) is 6.19. The summed E-state index contributed by atoms with van der Waals surface area (Å²) in [5, 5.41) is 2.94. The Morgan fingerprint density at radius 2 is 2.12 bits per heavy atom. The average Bonchev–Trinajstić information content (AvgIpc) is 2.29. The topological polar surface area (TPSA) is 55.1 Å². The summed E-state index contributed by atoms with van der Waals surface area (Å²) in [7, 11) is 0. The van der Waals surface area contributed by atoms with Gasteiger partial charge in [0, 0.05) is 12.0 Å². The molecule has 0 radical (unpaired) electrons. The van der Waals surface area contributed by atoms with Crippen LogP contribution in [0.1, 0.15) is 45.4 Å². The Morgan fingerprint density at radius 1 is 1.50 bits per heavy atom. The molecule has 0 saturated heterocycles. The van der Waals surface area contributed by atoms with E-state index in [1.165, 1.54) is 0 Å². The monoisotopic (exact) mass is 222 g/mol. The van der Waals surface area contributed by atoms with E-state index in [-0.39, 0.29) is 23.9 Å². The van der Waals surface area contributed by atoms with E-state index in [1.54, 1.807) is 0 Å². The van der Waals surface area contributed by atoms with Crippen LogP contribution in [-0.2, 0) is 4.79 Å². The van der Waals surface area contributed by atoms with Crippen molar-refractivity contribution in [2.45, 2.75) is 57.5 Å². The summed E-state index contributed by atoms with van der Waals surface area (Å²) < 4.78 is 0. The quantitative estimate of drug-likeness (QED) is 0.707. The van der Waals surface area contributed by atoms with E-state index in [1.807, 2.05) is 0 Å².